The van der Waals surface area contributed by atoms with Gasteiger partial charge >= 0.3 is 6.09 Å². The van der Waals surface area contributed by atoms with E-state index < -0.39 is 17.7 Å². The Hall–Kier alpha value is -1.26. The monoisotopic (exact) mass is 398 g/mol. The van der Waals surface area contributed by atoms with Gasteiger partial charge in [-0.05, 0) is 33.6 Å². The van der Waals surface area contributed by atoms with Crippen LogP contribution in [0.2, 0.25) is 0 Å². The Bertz CT molecular complexity index is 405. The molecule has 0 saturated carbocycles. The number of carbonyl (C=O) groups excluding carboxylic acids is 2. The zero-order valence-corrected chi connectivity index (χ0v) is 19.2. The molecule has 0 radical (unpaired) electrons. The summed E-state index contributed by atoms with van der Waals surface area (Å²) in [5, 5.41) is 5.70. The van der Waals surface area contributed by atoms with Crippen molar-refractivity contribution in [3.63, 3.8) is 0 Å². The molecule has 5 nitrogen and oxygen atoms in total. The van der Waals surface area contributed by atoms with E-state index in [2.05, 4.69) is 24.5 Å². The van der Waals surface area contributed by atoms with Crippen LogP contribution in [0, 0.1) is 0 Å². The quantitative estimate of drug-likeness (QED) is 0.308. The van der Waals surface area contributed by atoms with E-state index in [4.69, 9.17) is 4.74 Å². The van der Waals surface area contributed by atoms with Gasteiger partial charge in [-0.1, -0.05) is 84.5 Å². The fourth-order valence-corrected chi connectivity index (χ4v) is 3.07. The van der Waals surface area contributed by atoms with Crippen molar-refractivity contribution in [3.05, 3.63) is 0 Å². The molecule has 0 aliphatic carbocycles. The molecular weight excluding hydrogens is 352 g/mol. The minimum Gasteiger partial charge on any atom is -0.444 e. The molecule has 2 amide bonds. The molecule has 0 aromatic heterocycles. The molecule has 0 bridgehead atoms. The normalized spacial score (nSPS) is 12.5. The topological polar surface area (TPSA) is 67.4 Å². The number of rotatable bonds is 16. The Labute approximate surface area is 173 Å². The summed E-state index contributed by atoms with van der Waals surface area (Å²) >= 11 is 0. The van der Waals surface area contributed by atoms with E-state index in [-0.39, 0.29) is 5.91 Å². The van der Waals surface area contributed by atoms with Gasteiger partial charge < -0.3 is 15.4 Å². The van der Waals surface area contributed by atoms with Crippen molar-refractivity contribution in [2.45, 2.75) is 130 Å². The highest BCUT2D eigenvalue weighted by Gasteiger charge is 2.23. The number of nitrogens with one attached hydrogen (secondary N) is 2. The second-order valence-corrected chi connectivity index (χ2v) is 8.81. The smallest absolute Gasteiger partial charge is 0.408 e. The van der Waals surface area contributed by atoms with Gasteiger partial charge in [0.25, 0.3) is 0 Å². The average molecular weight is 399 g/mol. The van der Waals surface area contributed by atoms with E-state index in [1.54, 1.807) is 0 Å². The third-order valence-corrected chi connectivity index (χ3v) is 4.68. The lowest BCUT2D eigenvalue weighted by Crippen LogP contribution is -2.48. The molecule has 166 valence electrons. The Morgan fingerprint density at radius 2 is 1.29 bits per heavy atom. The maximum Gasteiger partial charge on any atom is 0.408 e. The molecule has 0 aromatic rings. The lowest BCUT2D eigenvalue weighted by Gasteiger charge is -2.23. The second kappa shape index (κ2) is 16.7. The second-order valence-electron chi connectivity index (χ2n) is 8.81. The number of hydrogen-bond acceptors (Lipinski definition) is 3. The maximum atomic E-state index is 12.4. The fourth-order valence-electron chi connectivity index (χ4n) is 3.07. The van der Waals surface area contributed by atoms with E-state index in [0.717, 1.165) is 25.7 Å². The zero-order valence-electron chi connectivity index (χ0n) is 19.2. The molecule has 1 atom stereocenters. The molecule has 0 aliphatic heterocycles. The molecule has 2 N–H and O–H groups in total. The van der Waals surface area contributed by atoms with Crippen molar-refractivity contribution < 1.29 is 14.3 Å². The third kappa shape index (κ3) is 16.9. The van der Waals surface area contributed by atoms with Crippen LogP contribution >= 0.6 is 0 Å². The van der Waals surface area contributed by atoms with Crippen LogP contribution in [0.3, 0.4) is 0 Å². The van der Waals surface area contributed by atoms with Crippen molar-refractivity contribution in [2.24, 2.45) is 0 Å². The van der Waals surface area contributed by atoms with Crippen molar-refractivity contribution in [1.82, 2.24) is 10.6 Å². The number of alkyl carbamates (subject to hydrolysis) is 1. The number of ether oxygens (including phenoxy) is 1. The molecular formula is C23H46N2O3. The maximum absolute atomic E-state index is 12.4. The lowest BCUT2D eigenvalue weighted by molar-refractivity contribution is -0.123. The van der Waals surface area contributed by atoms with Gasteiger partial charge in [0, 0.05) is 6.54 Å². The molecule has 0 unspecified atom stereocenters. The number of amides is 2. The summed E-state index contributed by atoms with van der Waals surface area (Å²) in [6, 6.07) is -0.516. The minimum atomic E-state index is -0.564. The summed E-state index contributed by atoms with van der Waals surface area (Å²) in [7, 11) is 0. The van der Waals surface area contributed by atoms with E-state index in [1.807, 2.05) is 20.8 Å². The Kier molecular flexibility index (Phi) is 15.9. The van der Waals surface area contributed by atoms with Gasteiger partial charge in [0.05, 0.1) is 0 Å². The summed E-state index contributed by atoms with van der Waals surface area (Å²) in [5.41, 5.74) is -0.564. The largest absolute Gasteiger partial charge is 0.444 e. The first-order chi connectivity index (χ1) is 13.3. The average Bonchev–Trinajstić information content (AvgIpc) is 2.61. The van der Waals surface area contributed by atoms with E-state index in [1.165, 1.54) is 51.4 Å². The van der Waals surface area contributed by atoms with Gasteiger partial charge in [-0.25, -0.2) is 4.79 Å². The minimum absolute atomic E-state index is 0.102. The zero-order chi connectivity index (χ0) is 21.3. The van der Waals surface area contributed by atoms with Crippen LogP contribution in [-0.4, -0.2) is 30.2 Å². The van der Waals surface area contributed by atoms with Crippen molar-refractivity contribution in [3.8, 4) is 0 Å². The molecule has 5 heteroatoms. The standard InChI is InChI=1S/C23H46N2O3/c1-6-8-10-11-12-13-14-15-16-17-19-24-21(26)20(18-9-7-2)25-22(27)28-23(3,4)5/h20H,6-19H2,1-5H3,(H,24,26)(H,25,27)/t20-/m0/s1. The van der Waals surface area contributed by atoms with Gasteiger partial charge in [-0.15, -0.1) is 0 Å². The molecule has 0 saturated heterocycles. The summed E-state index contributed by atoms with van der Waals surface area (Å²) in [5.74, 6) is -0.102. The third-order valence-electron chi connectivity index (χ3n) is 4.68. The van der Waals surface area contributed by atoms with E-state index in [0.29, 0.717) is 13.0 Å². The first-order valence-corrected chi connectivity index (χ1v) is 11.6. The molecule has 0 rings (SSSR count). The van der Waals surface area contributed by atoms with E-state index >= 15 is 0 Å². The fraction of sp³-hybridized carbons (Fsp3) is 0.913. The Morgan fingerprint density at radius 3 is 1.79 bits per heavy atom. The first kappa shape index (κ1) is 26.7. The van der Waals surface area contributed by atoms with Crippen LogP contribution in [0.4, 0.5) is 4.79 Å². The molecule has 0 heterocycles. The van der Waals surface area contributed by atoms with Gasteiger partial charge in [0.1, 0.15) is 11.6 Å². The summed E-state index contributed by atoms with van der Waals surface area (Å²) in [6.07, 6.45) is 14.8. The predicted octanol–water partition coefficient (Wildman–Crippen LogP) is 6.11. The highest BCUT2D eigenvalue weighted by Crippen LogP contribution is 2.11. The molecule has 0 aromatic carbocycles. The lowest BCUT2D eigenvalue weighted by atomic mass is 10.1. The summed E-state index contributed by atoms with van der Waals surface area (Å²) < 4.78 is 5.28. The molecule has 28 heavy (non-hydrogen) atoms. The SMILES string of the molecule is CCCCCCCCCCCCNC(=O)[C@H](CCCC)NC(=O)OC(C)(C)C. The Balaban J connectivity index is 3.94. The van der Waals surface area contributed by atoms with Crippen LogP contribution in [0.1, 0.15) is 118 Å². The number of hydrogen-bond donors (Lipinski definition) is 2. The highest BCUT2D eigenvalue weighted by atomic mass is 16.6. The predicted molar refractivity (Wildman–Crippen MR) is 118 cm³/mol. The van der Waals surface area contributed by atoms with Crippen molar-refractivity contribution >= 4 is 12.0 Å². The van der Waals surface area contributed by atoms with Crippen LogP contribution in [0.15, 0.2) is 0 Å². The summed E-state index contributed by atoms with van der Waals surface area (Å²) in [4.78, 5) is 24.4. The summed E-state index contributed by atoms with van der Waals surface area (Å²) in [6.45, 7) is 10.5. The van der Waals surface area contributed by atoms with E-state index in [9.17, 15) is 9.59 Å². The van der Waals surface area contributed by atoms with Crippen LogP contribution in [0.5, 0.6) is 0 Å². The molecule has 0 spiro atoms. The Morgan fingerprint density at radius 1 is 0.786 bits per heavy atom. The molecule has 0 fully saturated rings. The van der Waals surface area contributed by atoms with Gasteiger partial charge in [-0.3, -0.25) is 4.79 Å². The van der Waals surface area contributed by atoms with Crippen LogP contribution < -0.4 is 10.6 Å². The first-order valence-electron chi connectivity index (χ1n) is 11.6. The van der Waals surface area contributed by atoms with Gasteiger partial charge in [0.15, 0.2) is 0 Å². The van der Waals surface area contributed by atoms with Crippen molar-refractivity contribution in [1.29, 1.82) is 0 Å². The number of unbranched alkanes of at least 4 members (excludes halogenated alkanes) is 10. The van der Waals surface area contributed by atoms with Crippen molar-refractivity contribution in [2.75, 3.05) is 6.54 Å². The van der Waals surface area contributed by atoms with Crippen LogP contribution in [0.25, 0.3) is 0 Å². The van der Waals surface area contributed by atoms with Gasteiger partial charge in [0.2, 0.25) is 5.91 Å². The highest BCUT2D eigenvalue weighted by molar-refractivity contribution is 5.85. The number of carbonyl (C=O) groups is 2. The van der Waals surface area contributed by atoms with Crippen LogP contribution in [-0.2, 0) is 9.53 Å². The van der Waals surface area contributed by atoms with Gasteiger partial charge in [-0.2, -0.15) is 0 Å². The molecule has 0 aliphatic rings.